The highest BCUT2D eigenvalue weighted by Gasteiger charge is 2.26. The van der Waals surface area contributed by atoms with Crippen LogP contribution in [-0.2, 0) is 6.54 Å². The first-order valence-corrected chi connectivity index (χ1v) is 8.52. The zero-order chi connectivity index (χ0) is 14.8. The van der Waals surface area contributed by atoms with Crippen LogP contribution in [-0.4, -0.2) is 17.6 Å². The lowest BCUT2D eigenvalue weighted by Gasteiger charge is -2.36. The van der Waals surface area contributed by atoms with Gasteiger partial charge in [0.25, 0.3) is 0 Å². The van der Waals surface area contributed by atoms with Crippen molar-refractivity contribution in [3.8, 4) is 11.3 Å². The summed E-state index contributed by atoms with van der Waals surface area (Å²) in [4.78, 5) is 8.55. The zero-order valence-corrected chi connectivity index (χ0v) is 13.6. The fourth-order valence-electron chi connectivity index (χ4n) is 3.11. The number of piperidine rings is 1. The van der Waals surface area contributed by atoms with E-state index < -0.39 is 0 Å². The summed E-state index contributed by atoms with van der Waals surface area (Å²) in [5.74, 6) is 0.818. The van der Waals surface area contributed by atoms with Crippen LogP contribution >= 0.6 is 11.3 Å². The quantitative estimate of drug-likeness (QED) is 0.935. The summed E-state index contributed by atoms with van der Waals surface area (Å²) in [6.45, 7) is 6.31. The Morgan fingerprint density at radius 2 is 2.05 bits per heavy atom. The van der Waals surface area contributed by atoms with Gasteiger partial charge >= 0.3 is 0 Å². The Kier molecular flexibility index (Phi) is 4.27. The first-order valence-electron chi connectivity index (χ1n) is 7.71. The lowest BCUT2D eigenvalue weighted by atomic mass is 9.94. The average Bonchev–Trinajstić information content (AvgIpc) is 2.92. The molecule has 0 bridgehead atoms. The lowest BCUT2D eigenvalue weighted by Crippen LogP contribution is -2.40. The van der Waals surface area contributed by atoms with Gasteiger partial charge in [0, 0.05) is 29.6 Å². The van der Waals surface area contributed by atoms with E-state index >= 15 is 0 Å². The van der Waals surface area contributed by atoms with E-state index in [-0.39, 0.29) is 0 Å². The van der Waals surface area contributed by atoms with Gasteiger partial charge in [-0.05, 0) is 25.7 Å². The van der Waals surface area contributed by atoms with E-state index in [9.17, 15) is 0 Å². The van der Waals surface area contributed by atoms with E-state index in [2.05, 4.69) is 43.0 Å². The molecule has 2 N–H and O–H groups in total. The molecule has 2 unspecified atom stereocenters. The van der Waals surface area contributed by atoms with Crippen molar-refractivity contribution in [3.63, 3.8) is 0 Å². The van der Waals surface area contributed by atoms with Crippen molar-refractivity contribution in [2.24, 2.45) is 11.7 Å². The third kappa shape index (κ3) is 2.97. The van der Waals surface area contributed by atoms with Crippen LogP contribution in [0, 0.1) is 5.92 Å². The number of anilines is 1. The van der Waals surface area contributed by atoms with Crippen LogP contribution < -0.4 is 10.6 Å². The Bertz CT molecular complexity index is 593. The Morgan fingerprint density at radius 3 is 2.71 bits per heavy atom. The molecule has 1 saturated heterocycles. The molecular formula is C17H23N3S. The molecule has 3 nitrogen and oxygen atoms in total. The summed E-state index contributed by atoms with van der Waals surface area (Å²) in [5, 5.41) is 1.13. The molecule has 0 spiro atoms. The zero-order valence-electron chi connectivity index (χ0n) is 12.7. The summed E-state index contributed by atoms with van der Waals surface area (Å²) >= 11 is 1.76. The molecule has 2 aromatic rings. The highest BCUT2D eigenvalue weighted by atomic mass is 32.1. The molecule has 2 heterocycles. The van der Waals surface area contributed by atoms with Crippen LogP contribution in [0.3, 0.4) is 0 Å². The van der Waals surface area contributed by atoms with Crippen LogP contribution in [0.25, 0.3) is 11.3 Å². The van der Waals surface area contributed by atoms with E-state index in [4.69, 9.17) is 10.7 Å². The predicted molar refractivity (Wildman–Crippen MR) is 90.6 cm³/mol. The van der Waals surface area contributed by atoms with Gasteiger partial charge < -0.3 is 10.6 Å². The molecule has 21 heavy (non-hydrogen) atoms. The van der Waals surface area contributed by atoms with E-state index in [1.807, 2.05) is 6.07 Å². The van der Waals surface area contributed by atoms with E-state index in [1.165, 1.54) is 23.3 Å². The van der Waals surface area contributed by atoms with Crippen LogP contribution in [0.5, 0.6) is 0 Å². The maximum absolute atomic E-state index is 5.94. The van der Waals surface area contributed by atoms with Crippen molar-refractivity contribution in [2.45, 2.75) is 39.3 Å². The first-order chi connectivity index (χ1) is 10.2. The standard InChI is InChI=1S/C17H23N3S/c1-12-8-9-20(13(2)10-12)17-19-16(15(11-18)21-17)14-6-4-3-5-7-14/h3-7,12-13H,8-11,18H2,1-2H3. The molecule has 1 fully saturated rings. The molecule has 0 amide bonds. The minimum Gasteiger partial charge on any atom is -0.345 e. The number of rotatable bonds is 3. The minimum absolute atomic E-state index is 0.556. The van der Waals surface area contributed by atoms with Crippen LogP contribution in [0.2, 0.25) is 0 Å². The third-order valence-corrected chi connectivity index (χ3v) is 5.42. The highest BCUT2D eigenvalue weighted by molar-refractivity contribution is 7.16. The smallest absolute Gasteiger partial charge is 0.186 e. The summed E-state index contributed by atoms with van der Waals surface area (Å²) in [6, 6.07) is 10.9. The van der Waals surface area contributed by atoms with E-state index in [0.29, 0.717) is 12.6 Å². The third-order valence-electron chi connectivity index (χ3n) is 4.30. The average molecular weight is 301 g/mol. The summed E-state index contributed by atoms with van der Waals surface area (Å²) < 4.78 is 0. The van der Waals surface area contributed by atoms with E-state index in [1.54, 1.807) is 11.3 Å². The monoisotopic (exact) mass is 301 g/mol. The molecule has 1 aliphatic rings. The van der Waals surface area contributed by atoms with Gasteiger partial charge in [-0.3, -0.25) is 0 Å². The van der Waals surface area contributed by atoms with Crippen molar-refractivity contribution < 1.29 is 0 Å². The fourth-order valence-corrected chi connectivity index (χ4v) is 4.20. The number of aromatic nitrogens is 1. The Hall–Kier alpha value is -1.39. The van der Waals surface area contributed by atoms with Gasteiger partial charge in [-0.1, -0.05) is 48.6 Å². The lowest BCUT2D eigenvalue weighted by molar-refractivity contribution is 0.377. The van der Waals surface area contributed by atoms with Crippen molar-refractivity contribution in [3.05, 3.63) is 35.2 Å². The predicted octanol–water partition coefficient (Wildman–Crippen LogP) is 3.89. The number of thiazole rings is 1. The largest absolute Gasteiger partial charge is 0.345 e. The number of benzene rings is 1. The number of hydrogen-bond donors (Lipinski definition) is 1. The first kappa shape index (κ1) is 14.5. The minimum atomic E-state index is 0.556. The van der Waals surface area contributed by atoms with E-state index in [0.717, 1.165) is 23.3 Å². The molecule has 3 rings (SSSR count). The molecular weight excluding hydrogens is 278 g/mol. The molecule has 2 atom stereocenters. The Labute approximate surface area is 130 Å². The molecule has 0 radical (unpaired) electrons. The highest BCUT2D eigenvalue weighted by Crippen LogP contribution is 2.36. The van der Waals surface area contributed by atoms with Crippen LogP contribution in [0.4, 0.5) is 5.13 Å². The van der Waals surface area contributed by atoms with Gasteiger partial charge in [0.15, 0.2) is 5.13 Å². The van der Waals surface area contributed by atoms with Gasteiger partial charge in [-0.15, -0.1) is 0 Å². The van der Waals surface area contributed by atoms with Crippen molar-refractivity contribution >= 4 is 16.5 Å². The molecule has 0 saturated carbocycles. The Morgan fingerprint density at radius 1 is 1.29 bits per heavy atom. The molecule has 1 aliphatic heterocycles. The summed E-state index contributed by atoms with van der Waals surface area (Å²) in [6.07, 6.45) is 2.50. The maximum atomic E-state index is 5.94. The second-order valence-electron chi connectivity index (χ2n) is 6.01. The van der Waals surface area contributed by atoms with Crippen LogP contribution in [0.1, 0.15) is 31.6 Å². The van der Waals surface area contributed by atoms with Crippen molar-refractivity contribution in [1.29, 1.82) is 0 Å². The molecule has 4 heteroatoms. The molecule has 0 aliphatic carbocycles. The molecule has 1 aromatic carbocycles. The van der Waals surface area contributed by atoms with Crippen molar-refractivity contribution in [2.75, 3.05) is 11.4 Å². The molecule has 1 aromatic heterocycles. The van der Waals surface area contributed by atoms with Crippen LogP contribution in [0.15, 0.2) is 30.3 Å². The number of nitrogens with two attached hydrogens (primary N) is 1. The second-order valence-corrected chi connectivity index (χ2v) is 7.07. The number of hydrogen-bond acceptors (Lipinski definition) is 4. The van der Waals surface area contributed by atoms with Gasteiger partial charge in [-0.25, -0.2) is 4.98 Å². The van der Waals surface area contributed by atoms with Crippen molar-refractivity contribution in [1.82, 2.24) is 4.98 Å². The maximum Gasteiger partial charge on any atom is 0.186 e. The van der Waals surface area contributed by atoms with Gasteiger partial charge in [0.1, 0.15) is 0 Å². The normalized spacial score (nSPS) is 22.5. The summed E-state index contributed by atoms with van der Waals surface area (Å²) in [7, 11) is 0. The fraction of sp³-hybridized carbons (Fsp3) is 0.471. The Balaban J connectivity index is 1.93. The number of nitrogens with zero attached hydrogens (tertiary/aromatic N) is 2. The topological polar surface area (TPSA) is 42.2 Å². The van der Waals surface area contributed by atoms with Gasteiger partial charge in [0.2, 0.25) is 0 Å². The van der Waals surface area contributed by atoms with Gasteiger partial charge in [0.05, 0.1) is 5.69 Å². The second kappa shape index (κ2) is 6.16. The molecule has 112 valence electrons. The van der Waals surface area contributed by atoms with Gasteiger partial charge in [-0.2, -0.15) is 0 Å². The SMILES string of the molecule is CC1CCN(c2nc(-c3ccccc3)c(CN)s2)C(C)C1. The summed E-state index contributed by atoms with van der Waals surface area (Å²) in [5.41, 5.74) is 8.16.